The van der Waals surface area contributed by atoms with Gasteiger partial charge in [-0.3, -0.25) is 9.59 Å². The number of likely N-dealkylation sites (N-methyl/N-ethyl adjacent to an activating group) is 1. The molecule has 0 radical (unpaired) electrons. The van der Waals surface area contributed by atoms with E-state index in [1.54, 1.807) is 0 Å². The van der Waals surface area contributed by atoms with Crippen molar-refractivity contribution in [2.24, 2.45) is 35.6 Å². The number of nitrogens with one attached hydrogen (secondary N) is 1. The van der Waals surface area contributed by atoms with Crippen LogP contribution in [0.3, 0.4) is 0 Å². The molecule has 0 bridgehead atoms. The average Bonchev–Trinajstić information content (AvgIpc) is 3.28. The minimum Gasteiger partial charge on any atom is -0.347 e. The number of hydrogen-bond acceptors (Lipinski definition) is 2. The first-order chi connectivity index (χ1) is 14.3. The van der Waals surface area contributed by atoms with Crippen molar-refractivity contribution in [2.75, 3.05) is 7.05 Å². The zero-order valence-corrected chi connectivity index (χ0v) is 18.7. The fraction of sp³-hybridized carbons (Fsp3) is 0.680. The second-order valence-corrected chi connectivity index (χ2v) is 10.8. The molecule has 3 fully saturated rings. The van der Waals surface area contributed by atoms with Gasteiger partial charge in [-0.2, -0.15) is 0 Å². The van der Waals surface area contributed by atoms with Crippen LogP contribution in [0.1, 0.15) is 62.9 Å². The van der Waals surface area contributed by atoms with Crippen molar-refractivity contribution in [1.82, 2.24) is 14.8 Å². The standard InChI is InChI=1S/C25H35N3O2/c1-24-13-11-18-16(7-10-21-25(18,2)14-12-22(29)28(21)4)17(24)8-9-20(24)26-23(30)19-6-5-15-27(19)3/h5-6,12,14-18,20-21H,7-11,13H2,1-4H3,(H,26,30)/t16-,17-,18+,20?,21?,24-,25+/m0/s1. The molecule has 2 amide bonds. The Hall–Kier alpha value is -2.04. The van der Waals surface area contributed by atoms with Crippen molar-refractivity contribution in [3.63, 3.8) is 0 Å². The minimum atomic E-state index is 0.0579. The van der Waals surface area contributed by atoms with Gasteiger partial charge in [0.1, 0.15) is 5.69 Å². The highest BCUT2D eigenvalue weighted by molar-refractivity contribution is 5.93. The maximum absolute atomic E-state index is 12.9. The number of hydrogen-bond donors (Lipinski definition) is 1. The van der Waals surface area contributed by atoms with Crippen LogP contribution >= 0.6 is 0 Å². The molecule has 3 saturated carbocycles. The van der Waals surface area contributed by atoms with Crippen LogP contribution in [-0.2, 0) is 11.8 Å². The first-order valence-corrected chi connectivity index (χ1v) is 11.6. The van der Waals surface area contributed by atoms with E-state index >= 15 is 0 Å². The summed E-state index contributed by atoms with van der Waals surface area (Å²) in [6, 6.07) is 4.41. The molecule has 5 rings (SSSR count). The van der Waals surface area contributed by atoms with Gasteiger partial charge in [0.2, 0.25) is 5.91 Å². The van der Waals surface area contributed by atoms with E-state index in [0.29, 0.717) is 23.8 Å². The van der Waals surface area contributed by atoms with E-state index in [1.165, 1.54) is 19.3 Å². The summed E-state index contributed by atoms with van der Waals surface area (Å²) < 4.78 is 1.90. The lowest BCUT2D eigenvalue weighted by Crippen LogP contribution is -2.60. The zero-order chi connectivity index (χ0) is 21.3. The maximum Gasteiger partial charge on any atom is 0.268 e. The Bertz CT molecular complexity index is 904. The molecule has 2 unspecified atom stereocenters. The predicted molar refractivity (Wildman–Crippen MR) is 117 cm³/mol. The topological polar surface area (TPSA) is 54.3 Å². The van der Waals surface area contributed by atoms with Gasteiger partial charge in [-0.05, 0) is 79.9 Å². The summed E-state index contributed by atoms with van der Waals surface area (Å²) in [5.74, 6) is 2.18. The van der Waals surface area contributed by atoms with Crippen molar-refractivity contribution in [3.8, 4) is 0 Å². The predicted octanol–water partition coefficient (Wildman–Crippen LogP) is 3.76. The Morgan fingerprint density at radius 3 is 2.63 bits per heavy atom. The van der Waals surface area contributed by atoms with Gasteiger partial charge >= 0.3 is 0 Å². The van der Waals surface area contributed by atoms with E-state index in [0.717, 1.165) is 25.0 Å². The minimum absolute atomic E-state index is 0.0579. The fourth-order valence-corrected chi connectivity index (χ4v) is 7.90. The average molecular weight is 410 g/mol. The summed E-state index contributed by atoms with van der Waals surface area (Å²) >= 11 is 0. The number of aryl methyl sites for hydroxylation is 1. The number of carbonyl (C=O) groups excluding carboxylic acids is 2. The van der Waals surface area contributed by atoms with Crippen LogP contribution in [-0.4, -0.2) is 40.4 Å². The molecule has 1 aromatic heterocycles. The Kier molecular flexibility index (Phi) is 4.46. The summed E-state index contributed by atoms with van der Waals surface area (Å²) in [5, 5.41) is 3.41. The van der Waals surface area contributed by atoms with Crippen molar-refractivity contribution in [3.05, 3.63) is 36.2 Å². The first kappa shape index (κ1) is 19.9. The van der Waals surface area contributed by atoms with Crippen LogP contribution in [0.25, 0.3) is 0 Å². The Morgan fingerprint density at radius 2 is 1.90 bits per heavy atom. The van der Waals surface area contributed by atoms with E-state index in [2.05, 4.69) is 25.2 Å². The third-order valence-corrected chi connectivity index (χ3v) is 9.61. The summed E-state index contributed by atoms with van der Waals surface area (Å²) in [5.41, 5.74) is 0.992. The number of fused-ring (bicyclic) bond motifs is 5. The smallest absolute Gasteiger partial charge is 0.268 e. The van der Waals surface area contributed by atoms with Gasteiger partial charge in [0.15, 0.2) is 0 Å². The maximum atomic E-state index is 12.9. The Morgan fingerprint density at radius 1 is 1.10 bits per heavy atom. The van der Waals surface area contributed by atoms with Gasteiger partial charge in [0.05, 0.1) is 0 Å². The number of aromatic nitrogens is 1. The number of amides is 2. The molecule has 0 spiro atoms. The van der Waals surface area contributed by atoms with Gasteiger partial charge in [-0.1, -0.05) is 19.9 Å². The molecule has 0 saturated heterocycles. The normalized spacial score (nSPS) is 42.5. The second kappa shape index (κ2) is 6.73. The lowest BCUT2D eigenvalue weighted by atomic mass is 9.48. The number of nitrogens with zero attached hydrogens (tertiary/aromatic N) is 2. The van der Waals surface area contributed by atoms with Gasteiger partial charge in [-0.25, -0.2) is 0 Å². The quantitative estimate of drug-likeness (QED) is 0.809. The molecule has 162 valence electrons. The molecular formula is C25H35N3O2. The molecule has 5 nitrogen and oxygen atoms in total. The van der Waals surface area contributed by atoms with Gasteiger partial charge in [0, 0.05) is 37.8 Å². The van der Waals surface area contributed by atoms with E-state index in [4.69, 9.17) is 0 Å². The monoisotopic (exact) mass is 409 g/mol. The van der Waals surface area contributed by atoms with Crippen molar-refractivity contribution in [1.29, 1.82) is 0 Å². The fourth-order valence-electron chi connectivity index (χ4n) is 7.90. The molecule has 1 aromatic rings. The Balaban J connectivity index is 1.38. The molecule has 4 aliphatic rings. The molecule has 7 atom stereocenters. The van der Waals surface area contributed by atoms with Crippen LogP contribution in [0, 0.1) is 28.6 Å². The van der Waals surface area contributed by atoms with E-state index < -0.39 is 0 Å². The van der Waals surface area contributed by atoms with Crippen LogP contribution in [0.4, 0.5) is 0 Å². The summed E-state index contributed by atoms with van der Waals surface area (Å²) in [7, 11) is 3.91. The second-order valence-electron chi connectivity index (χ2n) is 10.8. The molecule has 3 aliphatic carbocycles. The van der Waals surface area contributed by atoms with Crippen molar-refractivity contribution in [2.45, 2.75) is 64.5 Å². The lowest BCUT2D eigenvalue weighted by molar-refractivity contribution is -0.138. The lowest BCUT2D eigenvalue weighted by Gasteiger charge is -2.60. The molecule has 1 N–H and O–H groups in total. The van der Waals surface area contributed by atoms with E-state index in [9.17, 15) is 9.59 Å². The highest BCUT2D eigenvalue weighted by atomic mass is 16.2. The summed E-state index contributed by atoms with van der Waals surface area (Å²) in [6.45, 7) is 4.82. The van der Waals surface area contributed by atoms with E-state index in [1.807, 2.05) is 48.0 Å². The van der Waals surface area contributed by atoms with Gasteiger partial charge in [0.25, 0.3) is 5.91 Å². The molecule has 5 heteroatoms. The third-order valence-electron chi connectivity index (χ3n) is 9.61. The van der Waals surface area contributed by atoms with E-state index in [-0.39, 0.29) is 28.7 Å². The Labute approximate surface area is 179 Å². The largest absolute Gasteiger partial charge is 0.347 e. The zero-order valence-electron chi connectivity index (χ0n) is 18.7. The van der Waals surface area contributed by atoms with Crippen LogP contribution in [0.5, 0.6) is 0 Å². The molecular weight excluding hydrogens is 374 g/mol. The van der Waals surface area contributed by atoms with Crippen LogP contribution < -0.4 is 5.32 Å². The number of rotatable bonds is 2. The van der Waals surface area contributed by atoms with Crippen LogP contribution in [0.2, 0.25) is 0 Å². The summed E-state index contributed by atoms with van der Waals surface area (Å²) in [4.78, 5) is 27.1. The highest BCUT2D eigenvalue weighted by Crippen LogP contribution is 2.63. The molecule has 2 heterocycles. The van der Waals surface area contributed by atoms with Crippen LogP contribution in [0.15, 0.2) is 30.5 Å². The summed E-state index contributed by atoms with van der Waals surface area (Å²) in [6.07, 6.45) is 12.9. The van der Waals surface area contributed by atoms with Crippen molar-refractivity contribution >= 4 is 11.8 Å². The van der Waals surface area contributed by atoms with Gasteiger partial charge < -0.3 is 14.8 Å². The SMILES string of the molecule is CN1C(=O)C=C[C@@]2(C)C1CC[C@@H]1[C@H]2CC[C@]2(C)C(NC(=O)c3cccn3C)CC[C@@H]12. The molecule has 1 aliphatic heterocycles. The van der Waals surface area contributed by atoms with Crippen molar-refractivity contribution < 1.29 is 9.59 Å². The third kappa shape index (κ3) is 2.66. The number of carbonyl (C=O) groups is 2. The van der Waals surface area contributed by atoms with Gasteiger partial charge in [-0.15, -0.1) is 0 Å². The molecule has 30 heavy (non-hydrogen) atoms. The first-order valence-electron chi connectivity index (χ1n) is 11.6. The molecule has 0 aromatic carbocycles. The highest BCUT2D eigenvalue weighted by Gasteiger charge is 2.60.